The molecule has 0 radical (unpaired) electrons. The Labute approximate surface area is 176 Å². The number of hydrogen-bond acceptors (Lipinski definition) is 5. The first kappa shape index (κ1) is 19.5. The van der Waals surface area contributed by atoms with Gasteiger partial charge in [-0.3, -0.25) is 4.98 Å². The van der Waals surface area contributed by atoms with E-state index in [2.05, 4.69) is 59.1 Å². The quantitative estimate of drug-likeness (QED) is 0.452. The maximum atomic E-state index is 6.24. The topological polar surface area (TPSA) is 54.2 Å². The molecule has 4 aromatic rings. The average Bonchev–Trinajstić information content (AvgIpc) is 3.22. The lowest BCUT2D eigenvalue weighted by molar-refractivity contribution is 0.632. The molecule has 3 aromatic heterocycles. The van der Waals surface area contributed by atoms with Gasteiger partial charge in [0.15, 0.2) is 5.58 Å². The molecule has 0 aliphatic rings. The standard InChI is InChI=1S/C25H24N4O/c1-5-26-15-17(2)18-6-8-19(9-7-18)23-14-22-25(30-23)21(12-13-27-22)20-10-11-24(28-16-20)29(3)4/h5-16,26H,1H2,2-4H3/b17-15+. The monoisotopic (exact) mass is 396 g/mol. The van der Waals surface area contributed by atoms with Gasteiger partial charge in [0.1, 0.15) is 17.1 Å². The van der Waals surface area contributed by atoms with Crippen LogP contribution in [0.1, 0.15) is 12.5 Å². The second kappa shape index (κ2) is 8.25. The highest BCUT2D eigenvalue weighted by Crippen LogP contribution is 2.34. The first-order valence-electron chi connectivity index (χ1n) is 9.73. The molecule has 30 heavy (non-hydrogen) atoms. The van der Waals surface area contributed by atoms with Gasteiger partial charge in [0.2, 0.25) is 0 Å². The maximum absolute atomic E-state index is 6.24. The molecule has 150 valence electrons. The highest BCUT2D eigenvalue weighted by atomic mass is 16.3. The summed E-state index contributed by atoms with van der Waals surface area (Å²) < 4.78 is 6.24. The Hall–Kier alpha value is -3.86. The molecular weight excluding hydrogens is 372 g/mol. The molecule has 5 heteroatoms. The second-order valence-corrected chi connectivity index (χ2v) is 7.26. The molecule has 0 bridgehead atoms. The van der Waals surface area contributed by atoms with Crippen molar-refractivity contribution in [2.24, 2.45) is 0 Å². The SMILES string of the molecule is C=CN/C=C(\C)c1ccc(-c2cc3nccc(-c4ccc(N(C)C)nc4)c3o2)cc1. The van der Waals surface area contributed by atoms with E-state index in [1.807, 2.05) is 49.6 Å². The number of rotatable bonds is 6. The molecule has 0 amide bonds. The van der Waals surface area contributed by atoms with Crippen molar-refractivity contribution in [1.29, 1.82) is 0 Å². The smallest absolute Gasteiger partial charge is 0.161 e. The summed E-state index contributed by atoms with van der Waals surface area (Å²) >= 11 is 0. The van der Waals surface area contributed by atoms with Crippen LogP contribution in [0.5, 0.6) is 0 Å². The van der Waals surface area contributed by atoms with Crippen LogP contribution in [0.25, 0.3) is 39.1 Å². The summed E-state index contributed by atoms with van der Waals surface area (Å²) in [5.74, 6) is 1.71. The number of nitrogens with one attached hydrogen (secondary N) is 1. The van der Waals surface area contributed by atoms with Gasteiger partial charge in [-0.05, 0) is 42.5 Å². The van der Waals surface area contributed by atoms with Crippen molar-refractivity contribution in [2.75, 3.05) is 19.0 Å². The molecule has 0 fully saturated rings. The zero-order chi connectivity index (χ0) is 21.1. The van der Waals surface area contributed by atoms with Crippen LogP contribution < -0.4 is 10.2 Å². The van der Waals surface area contributed by atoms with Gasteiger partial charge < -0.3 is 14.6 Å². The summed E-state index contributed by atoms with van der Waals surface area (Å²) in [5, 5.41) is 3.01. The molecule has 0 saturated heterocycles. The summed E-state index contributed by atoms with van der Waals surface area (Å²) in [4.78, 5) is 11.0. The van der Waals surface area contributed by atoms with Gasteiger partial charge in [0.25, 0.3) is 0 Å². The fraction of sp³-hybridized carbons (Fsp3) is 0.120. The van der Waals surface area contributed by atoms with E-state index < -0.39 is 0 Å². The lowest BCUT2D eigenvalue weighted by Gasteiger charge is -2.11. The van der Waals surface area contributed by atoms with Gasteiger partial charge in [0.05, 0.1) is 0 Å². The Balaban J connectivity index is 1.69. The van der Waals surface area contributed by atoms with Crippen molar-refractivity contribution < 1.29 is 4.42 Å². The summed E-state index contributed by atoms with van der Waals surface area (Å²) in [6.45, 7) is 5.72. The Morgan fingerprint density at radius 2 is 1.80 bits per heavy atom. The average molecular weight is 396 g/mol. The zero-order valence-electron chi connectivity index (χ0n) is 17.4. The van der Waals surface area contributed by atoms with E-state index in [1.54, 1.807) is 12.4 Å². The van der Waals surface area contributed by atoms with E-state index in [1.165, 1.54) is 0 Å². The summed E-state index contributed by atoms with van der Waals surface area (Å²) in [5.41, 5.74) is 6.85. The lowest BCUT2D eigenvalue weighted by atomic mass is 10.0. The largest absolute Gasteiger partial charge is 0.454 e. The predicted molar refractivity (Wildman–Crippen MR) is 124 cm³/mol. The third kappa shape index (κ3) is 3.82. The number of anilines is 1. The molecule has 1 N–H and O–H groups in total. The van der Waals surface area contributed by atoms with Crippen LogP contribution in [-0.2, 0) is 0 Å². The van der Waals surface area contributed by atoms with E-state index in [4.69, 9.17) is 4.42 Å². The molecule has 0 unspecified atom stereocenters. The van der Waals surface area contributed by atoms with Crippen LogP contribution in [0.2, 0.25) is 0 Å². The van der Waals surface area contributed by atoms with Crippen LogP contribution in [-0.4, -0.2) is 24.1 Å². The number of fused-ring (bicyclic) bond motifs is 1. The Morgan fingerprint density at radius 1 is 1.03 bits per heavy atom. The lowest BCUT2D eigenvalue weighted by Crippen LogP contribution is -2.09. The molecule has 5 nitrogen and oxygen atoms in total. The summed E-state index contributed by atoms with van der Waals surface area (Å²) in [6, 6.07) is 16.3. The molecule has 0 aliphatic heterocycles. The predicted octanol–water partition coefficient (Wildman–Crippen LogP) is 5.72. The molecule has 4 rings (SSSR count). The van der Waals surface area contributed by atoms with Crippen molar-refractivity contribution in [2.45, 2.75) is 6.92 Å². The van der Waals surface area contributed by atoms with Gasteiger partial charge >= 0.3 is 0 Å². The van der Waals surface area contributed by atoms with Gasteiger partial charge in [-0.25, -0.2) is 4.98 Å². The molecule has 0 saturated carbocycles. The fourth-order valence-corrected chi connectivity index (χ4v) is 3.28. The number of benzene rings is 1. The summed E-state index contributed by atoms with van der Waals surface area (Å²) in [7, 11) is 3.95. The third-order valence-corrected chi connectivity index (χ3v) is 4.97. The maximum Gasteiger partial charge on any atom is 0.161 e. The van der Waals surface area contributed by atoms with Crippen molar-refractivity contribution in [3.63, 3.8) is 0 Å². The van der Waals surface area contributed by atoms with Crippen LogP contribution >= 0.6 is 0 Å². The highest BCUT2D eigenvalue weighted by molar-refractivity contribution is 5.92. The van der Waals surface area contributed by atoms with E-state index in [0.29, 0.717) is 0 Å². The van der Waals surface area contributed by atoms with E-state index >= 15 is 0 Å². The van der Waals surface area contributed by atoms with Crippen LogP contribution in [0, 0.1) is 0 Å². The van der Waals surface area contributed by atoms with E-state index in [-0.39, 0.29) is 0 Å². The molecule has 1 aromatic carbocycles. The van der Waals surface area contributed by atoms with Crippen LogP contribution in [0.4, 0.5) is 5.82 Å². The van der Waals surface area contributed by atoms with Gasteiger partial charge in [-0.1, -0.05) is 30.8 Å². The molecule has 0 spiro atoms. The third-order valence-electron chi connectivity index (χ3n) is 4.97. The molecule has 0 aliphatic carbocycles. The van der Waals surface area contributed by atoms with Crippen molar-refractivity contribution in [3.8, 4) is 22.5 Å². The Kier molecular flexibility index (Phi) is 5.35. The molecule has 3 heterocycles. The highest BCUT2D eigenvalue weighted by Gasteiger charge is 2.13. The van der Waals surface area contributed by atoms with Crippen molar-refractivity contribution in [3.05, 3.63) is 85.5 Å². The minimum atomic E-state index is 0.766. The zero-order valence-corrected chi connectivity index (χ0v) is 17.4. The fourth-order valence-electron chi connectivity index (χ4n) is 3.28. The number of allylic oxidation sites excluding steroid dienone is 1. The normalized spacial score (nSPS) is 11.5. The van der Waals surface area contributed by atoms with Gasteiger partial charge in [0, 0.05) is 55.4 Å². The number of nitrogens with zero attached hydrogens (tertiary/aromatic N) is 3. The van der Waals surface area contributed by atoms with Crippen molar-refractivity contribution in [1.82, 2.24) is 15.3 Å². The minimum Gasteiger partial charge on any atom is -0.454 e. The Bertz CT molecular complexity index is 1200. The first-order chi connectivity index (χ1) is 14.6. The van der Waals surface area contributed by atoms with Crippen LogP contribution in [0.3, 0.4) is 0 Å². The first-order valence-corrected chi connectivity index (χ1v) is 9.73. The van der Waals surface area contributed by atoms with Crippen LogP contribution in [0.15, 0.2) is 84.3 Å². The second-order valence-electron chi connectivity index (χ2n) is 7.26. The number of pyridine rings is 2. The molecule has 0 atom stereocenters. The number of hydrogen-bond donors (Lipinski definition) is 1. The van der Waals surface area contributed by atoms with E-state index in [9.17, 15) is 0 Å². The van der Waals surface area contributed by atoms with Gasteiger partial charge in [-0.15, -0.1) is 0 Å². The van der Waals surface area contributed by atoms with E-state index in [0.717, 1.165) is 50.5 Å². The number of aromatic nitrogens is 2. The Morgan fingerprint density at radius 3 is 2.47 bits per heavy atom. The molecular formula is C25H24N4O. The van der Waals surface area contributed by atoms with Crippen molar-refractivity contribution >= 4 is 22.5 Å². The van der Waals surface area contributed by atoms with Gasteiger partial charge in [-0.2, -0.15) is 0 Å². The minimum absolute atomic E-state index is 0.766. The summed E-state index contributed by atoms with van der Waals surface area (Å²) in [6.07, 6.45) is 7.25. The number of furan rings is 1.